The van der Waals surface area contributed by atoms with Crippen molar-refractivity contribution in [2.45, 2.75) is 85.5 Å². The van der Waals surface area contributed by atoms with Crippen molar-refractivity contribution in [3.8, 4) is 11.5 Å². The molecule has 35 heavy (non-hydrogen) atoms. The smallest absolute Gasteiger partial charge is 0.163 e. The van der Waals surface area contributed by atoms with Crippen molar-refractivity contribution in [3.63, 3.8) is 0 Å². The Bertz CT molecular complexity index is 983. The van der Waals surface area contributed by atoms with E-state index < -0.39 is 0 Å². The summed E-state index contributed by atoms with van der Waals surface area (Å²) < 4.78 is 0. The zero-order valence-corrected chi connectivity index (χ0v) is 22.3. The third-order valence-electron chi connectivity index (χ3n) is 6.14. The van der Waals surface area contributed by atoms with E-state index in [0.717, 1.165) is 33.4 Å². The summed E-state index contributed by atoms with van der Waals surface area (Å²) in [6.07, 6.45) is 6.06. The molecule has 0 fully saturated rings. The van der Waals surface area contributed by atoms with Gasteiger partial charge in [-0.2, -0.15) is 0 Å². The number of rotatable bonds is 10. The van der Waals surface area contributed by atoms with Crippen molar-refractivity contribution in [2.75, 3.05) is 0 Å². The molecule has 0 unspecified atom stereocenters. The van der Waals surface area contributed by atoms with Crippen LogP contribution in [0, 0.1) is 0 Å². The molecule has 0 aliphatic carbocycles. The summed E-state index contributed by atoms with van der Waals surface area (Å²) >= 11 is 0. The largest absolute Gasteiger partial charge is 0.507 e. The van der Waals surface area contributed by atoms with Gasteiger partial charge in [-0.05, 0) is 93.5 Å². The van der Waals surface area contributed by atoms with E-state index in [9.17, 15) is 19.8 Å². The minimum Gasteiger partial charge on any atom is -0.507 e. The lowest BCUT2D eigenvalue weighted by Crippen LogP contribution is -2.02. The number of allylic oxidation sites excluding steroid dienone is 2. The van der Waals surface area contributed by atoms with E-state index in [2.05, 4.69) is 0 Å². The van der Waals surface area contributed by atoms with E-state index in [1.165, 1.54) is 12.2 Å². The van der Waals surface area contributed by atoms with Crippen LogP contribution in [0.5, 0.6) is 11.5 Å². The van der Waals surface area contributed by atoms with Gasteiger partial charge in [0.1, 0.15) is 11.5 Å². The van der Waals surface area contributed by atoms with Crippen LogP contribution in [0.3, 0.4) is 0 Å². The van der Waals surface area contributed by atoms with Gasteiger partial charge in [-0.1, -0.05) is 67.5 Å². The number of aromatic hydroxyl groups is 2. The second kappa shape index (κ2) is 12.0. The highest BCUT2D eigenvalue weighted by atomic mass is 16.3. The van der Waals surface area contributed by atoms with Crippen molar-refractivity contribution in [3.05, 3.63) is 69.8 Å². The summed E-state index contributed by atoms with van der Waals surface area (Å²) in [5.41, 5.74) is 5.04. The second-order valence-corrected chi connectivity index (χ2v) is 10.5. The molecule has 0 saturated heterocycles. The molecule has 4 nitrogen and oxygen atoms in total. The molecule has 2 aromatic rings. The molecule has 2 aromatic carbocycles. The zero-order chi connectivity index (χ0) is 26.4. The number of phenols is 2. The first-order valence-electron chi connectivity index (χ1n) is 12.5. The maximum Gasteiger partial charge on any atom is 0.163 e. The summed E-state index contributed by atoms with van der Waals surface area (Å²) in [5.74, 6) is 0.670. The highest BCUT2D eigenvalue weighted by molar-refractivity contribution is 6.10. The van der Waals surface area contributed by atoms with Gasteiger partial charge < -0.3 is 10.2 Å². The molecule has 0 amide bonds. The van der Waals surface area contributed by atoms with Crippen LogP contribution in [0.1, 0.15) is 119 Å². The van der Waals surface area contributed by atoms with Crippen molar-refractivity contribution < 1.29 is 19.8 Å². The number of carbonyl (C=O) groups excluding carboxylic acids is 2. The average molecular weight is 477 g/mol. The van der Waals surface area contributed by atoms with Gasteiger partial charge in [-0.3, -0.25) is 9.59 Å². The molecular formula is C31H40O4. The van der Waals surface area contributed by atoms with E-state index in [4.69, 9.17) is 0 Å². The molecule has 0 saturated carbocycles. The first-order valence-corrected chi connectivity index (χ1v) is 12.5. The molecule has 0 aliphatic heterocycles. The van der Waals surface area contributed by atoms with Crippen molar-refractivity contribution in [2.24, 2.45) is 0 Å². The van der Waals surface area contributed by atoms with Crippen LogP contribution in [-0.2, 0) is 9.59 Å². The van der Waals surface area contributed by atoms with Crippen LogP contribution in [0.4, 0.5) is 0 Å². The topological polar surface area (TPSA) is 74.6 Å². The molecule has 188 valence electrons. The summed E-state index contributed by atoms with van der Waals surface area (Å²) in [6.45, 7) is 16.2. The number of ketones is 2. The zero-order valence-electron chi connectivity index (χ0n) is 22.3. The Hall–Kier alpha value is -3.14. The summed E-state index contributed by atoms with van der Waals surface area (Å²) in [6, 6.07) is 7.56. The monoisotopic (exact) mass is 476 g/mol. The molecule has 0 radical (unpaired) electrons. The van der Waals surface area contributed by atoms with Crippen LogP contribution in [0.2, 0.25) is 0 Å². The lowest BCUT2D eigenvalue weighted by atomic mass is 9.91. The van der Waals surface area contributed by atoms with Gasteiger partial charge in [0.25, 0.3) is 0 Å². The maximum absolute atomic E-state index is 12.5. The Balaban J connectivity index is 2.17. The lowest BCUT2D eigenvalue weighted by molar-refractivity contribution is -0.121. The van der Waals surface area contributed by atoms with Crippen LogP contribution >= 0.6 is 0 Å². The average Bonchev–Trinajstić information content (AvgIpc) is 2.76. The third kappa shape index (κ3) is 7.42. The Morgan fingerprint density at radius 3 is 1.09 bits per heavy atom. The lowest BCUT2D eigenvalue weighted by Gasteiger charge is -2.16. The van der Waals surface area contributed by atoms with Gasteiger partial charge in [-0.25, -0.2) is 0 Å². The number of hydrogen-bond acceptors (Lipinski definition) is 4. The van der Waals surface area contributed by atoms with E-state index in [-0.39, 0.29) is 41.7 Å². The molecule has 0 atom stereocenters. The number of carbonyl (C=O) groups is 2. The van der Waals surface area contributed by atoms with Crippen molar-refractivity contribution in [1.29, 1.82) is 0 Å². The molecule has 2 rings (SSSR count). The Kier molecular flexibility index (Phi) is 9.64. The van der Waals surface area contributed by atoms with Gasteiger partial charge >= 0.3 is 0 Å². The highest BCUT2D eigenvalue weighted by Gasteiger charge is 2.16. The second-order valence-electron chi connectivity index (χ2n) is 10.5. The summed E-state index contributed by atoms with van der Waals surface area (Å²) in [5, 5.41) is 21.1. The molecule has 0 aromatic heterocycles. The normalized spacial score (nSPS) is 12.2. The highest BCUT2D eigenvalue weighted by Crippen LogP contribution is 2.36. The standard InChI is InChI=1S/C31H40O4/c1-18(2)26-13-22(14-27(19(3)4)30(26)34)9-11-24(32)17-25(33)12-10-23-15-28(20(5)6)31(35)29(16-23)21(7)8/h9-16,18-21,34-35H,17H2,1-8H3/b11-9+,12-10+. The Morgan fingerprint density at radius 1 is 0.600 bits per heavy atom. The minimum absolute atomic E-state index is 0.149. The molecule has 4 heteroatoms. The Morgan fingerprint density at radius 2 is 0.857 bits per heavy atom. The van der Waals surface area contributed by atoms with Crippen LogP contribution in [-0.4, -0.2) is 21.8 Å². The minimum atomic E-state index is -0.277. The molecule has 2 N–H and O–H groups in total. The first-order chi connectivity index (χ1) is 16.3. The molecule has 0 spiro atoms. The number of benzene rings is 2. The quantitative estimate of drug-likeness (QED) is 0.270. The first kappa shape index (κ1) is 28.1. The predicted octanol–water partition coefficient (Wildman–Crippen LogP) is 7.85. The fourth-order valence-corrected chi connectivity index (χ4v) is 4.03. The maximum atomic E-state index is 12.5. The van der Waals surface area contributed by atoms with Gasteiger partial charge in [0.2, 0.25) is 0 Å². The van der Waals surface area contributed by atoms with Gasteiger partial charge in [0.15, 0.2) is 11.6 Å². The summed E-state index contributed by atoms with van der Waals surface area (Å²) in [4.78, 5) is 24.9. The predicted molar refractivity (Wildman–Crippen MR) is 145 cm³/mol. The third-order valence-corrected chi connectivity index (χ3v) is 6.14. The van der Waals surface area contributed by atoms with Crippen LogP contribution in [0.15, 0.2) is 36.4 Å². The van der Waals surface area contributed by atoms with E-state index in [1.54, 1.807) is 12.2 Å². The van der Waals surface area contributed by atoms with E-state index >= 15 is 0 Å². The Labute approximate surface area is 210 Å². The van der Waals surface area contributed by atoms with E-state index in [0.29, 0.717) is 11.5 Å². The van der Waals surface area contributed by atoms with Crippen molar-refractivity contribution in [1.82, 2.24) is 0 Å². The number of phenolic OH excluding ortho intramolecular Hbond substituents is 2. The van der Waals surface area contributed by atoms with E-state index in [1.807, 2.05) is 79.7 Å². The SMILES string of the molecule is CC(C)c1cc(/C=C/C(=O)CC(=O)/C=C/c2cc(C(C)C)c(O)c(C(C)C)c2)cc(C(C)C)c1O. The van der Waals surface area contributed by atoms with Crippen molar-refractivity contribution >= 4 is 23.7 Å². The van der Waals surface area contributed by atoms with Gasteiger partial charge in [0, 0.05) is 0 Å². The van der Waals surface area contributed by atoms with Gasteiger partial charge in [0.05, 0.1) is 6.42 Å². The molecular weight excluding hydrogens is 436 g/mol. The summed E-state index contributed by atoms with van der Waals surface area (Å²) in [7, 11) is 0. The van der Waals surface area contributed by atoms with Gasteiger partial charge in [-0.15, -0.1) is 0 Å². The van der Waals surface area contributed by atoms with Crippen LogP contribution in [0.25, 0.3) is 12.2 Å². The molecule has 0 aliphatic rings. The molecule has 0 bridgehead atoms. The molecule has 0 heterocycles. The number of hydrogen-bond donors (Lipinski definition) is 2. The fraction of sp³-hybridized carbons (Fsp3) is 0.419. The fourth-order valence-electron chi connectivity index (χ4n) is 4.03. The van der Waals surface area contributed by atoms with Crippen LogP contribution < -0.4 is 0 Å².